The Morgan fingerprint density at radius 1 is 1.35 bits per heavy atom. The molecule has 0 saturated carbocycles. The molecule has 9 heteroatoms. The standard InChI is InChI=1S/C14H22N6O3/c1-2-4-15-13-12(20(21)22)14(18-11-17-13)16-5-3-6-19-7-9-23-10-8-19/h2,11H,1,3-10H2,(H2,15,16,17,18). The maximum atomic E-state index is 11.3. The van der Waals surface area contributed by atoms with E-state index in [1.54, 1.807) is 6.08 Å². The zero-order valence-corrected chi connectivity index (χ0v) is 13.0. The van der Waals surface area contributed by atoms with E-state index >= 15 is 0 Å². The molecule has 0 spiro atoms. The van der Waals surface area contributed by atoms with Gasteiger partial charge < -0.3 is 15.4 Å². The van der Waals surface area contributed by atoms with Crippen molar-refractivity contribution in [2.24, 2.45) is 0 Å². The van der Waals surface area contributed by atoms with Gasteiger partial charge >= 0.3 is 5.69 Å². The Kier molecular flexibility index (Phi) is 6.70. The van der Waals surface area contributed by atoms with Crippen molar-refractivity contribution in [3.05, 3.63) is 29.1 Å². The third-order valence-corrected chi connectivity index (χ3v) is 3.47. The summed E-state index contributed by atoms with van der Waals surface area (Å²) in [5, 5.41) is 17.2. The van der Waals surface area contributed by atoms with E-state index in [9.17, 15) is 10.1 Å². The summed E-state index contributed by atoms with van der Waals surface area (Å²) in [5.41, 5.74) is -0.138. The van der Waals surface area contributed by atoms with E-state index in [0.29, 0.717) is 13.1 Å². The Morgan fingerprint density at radius 3 is 2.70 bits per heavy atom. The number of rotatable bonds is 9. The van der Waals surface area contributed by atoms with Crippen molar-refractivity contribution in [2.75, 3.05) is 56.6 Å². The number of nitro groups is 1. The van der Waals surface area contributed by atoms with Crippen LogP contribution in [0, 0.1) is 10.1 Å². The highest BCUT2D eigenvalue weighted by Crippen LogP contribution is 2.28. The Hall–Kier alpha value is -2.26. The molecule has 0 bridgehead atoms. The van der Waals surface area contributed by atoms with Crippen LogP contribution in [-0.2, 0) is 4.74 Å². The number of nitrogens with zero attached hydrogens (tertiary/aromatic N) is 4. The molecule has 0 radical (unpaired) electrons. The fraction of sp³-hybridized carbons (Fsp3) is 0.571. The summed E-state index contributed by atoms with van der Waals surface area (Å²) in [6.07, 6.45) is 3.79. The maximum absolute atomic E-state index is 11.3. The molecule has 1 saturated heterocycles. The van der Waals surface area contributed by atoms with Gasteiger partial charge in [0.05, 0.1) is 18.1 Å². The highest BCUT2D eigenvalue weighted by atomic mass is 16.6. The molecular weight excluding hydrogens is 300 g/mol. The van der Waals surface area contributed by atoms with Crippen molar-refractivity contribution >= 4 is 17.3 Å². The molecule has 9 nitrogen and oxygen atoms in total. The first kappa shape index (κ1) is 17.1. The Bertz CT molecular complexity index is 533. The predicted octanol–water partition coefficient (Wildman–Crippen LogP) is 1.12. The van der Waals surface area contributed by atoms with E-state index in [2.05, 4.69) is 32.1 Å². The highest BCUT2D eigenvalue weighted by Gasteiger charge is 2.22. The van der Waals surface area contributed by atoms with Gasteiger partial charge in [-0.2, -0.15) is 0 Å². The zero-order valence-electron chi connectivity index (χ0n) is 13.0. The van der Waals surface area contributed by atoms with Crippen molar-refractivity contribution in [1.82, 2.24) is 14.9 Å². The van der Waals surface area contributed by atoms with Crippen molar-refractivity contribution < 1.29 is 9.66 Å². The molecule has 0 unspecified atom stereocenters. The lowest BCUT2D eigenvalue weighted by Gasteiger charge is -2.26. The van der Waals surface area contributed by atoms with Gasteiger partial charge in [0.1, 0.15) is 6.33 Å². The van der Waals surface area contributed by atoms with E-state index < -0.39 is 4.92 Å². The van der Waals surface area contributed by atoms with Gasteiger partial charge in [0, 0.05) is 26.2 Å². The summed E-state index contributed by atoms with van der Waals surface area (Å²) in [4.78, 5) is 21.0. The lowest BCUT2D eigenvalue weighted by Crippen LogP contribution is -2.37. The van der Waals surface area contributed by atoms with E-state index in [1.165, 1.54) is 6.33 Å². The quantitative estimate of drug-likeness (QED) is 0.301. The number of hydrogen-bond donors (Lipinski definition) is 2. The number of aromatic nitrogens is 2. The van der Waals surface area contributed by atoms with Gasteiger partial charge in [-0.05, 0) is 13.0 Å². The van der Waals surface area contributed by atoms with E-state index in [-0.39, 0.29) is 17.3 Å². The Balaban J connectivity index is 1.90. The second kappa shape index (κ2) is 9.01. The van der Waals surface area contributed by atoms with Gasteiger partial charge in [-0.1, -0.05) is 6.08 Å². The maximum Gasteiger partial charge on any atom is 0.353 e. The van der Waals surface area contributed by atoms with Crippen LogP contribution < -0.4 is 10.6 Å². The molecule has 0 atom stereocenters. The van der Waals surface area contributed by atoms with Crippen molar-refractivity contribution in [2.45, 2.75) is 6.42 Å². The normalized spacial score (nSPS) is 15.1. The number of morpholine rings is 1. The minimum absolute atomic E-state index is 0.138. The monoisotopic (exact) mass is 322 g/mol. The zero-order chi connectivity index (χ0) is 16.5. The van der Waals surface area contributed by atoms with Crippen LogP contribution in [0.5, 0.6) is 0 Å². The number of anilines is 2. The van der Waals surface area contributed by atoms with Gasteiger partial charge in [-0.25, -0.2) is 9.97 Å². The molecule has 2 N–H and O–H groups in total. The van der Waals surface area contributed by atoms with Gasteiger partial charge in [0.15, 0.2) is 0 Å². The molecule has 1 aliphatic heterocycles. The number of nitrogens with one attached hydrogen (secondary N) is 2. The summed E-state index contributed by atoms with van der Waals surface area (Å²) in [6.45, 7) is 8.91. The molecule has 0 amide bonds. The van der Waals surface area contributed by atoms with Crippen molar-refractivity contribution in [3.63, 3.8) is 0 Å². The second-order valence-corrected chi connectivity index (χ2v) is 5.08. The summed E-state index contributed by atoms with van der Waals surface area (Å²) in [7, 11) is 0. The molecule has 126 valence electrons. The average Bonchev–Trinajstić information content (AvgIpc) is 2.57. The van der Waals surface area contributed by atoms with Crippen LogP contribution in [0.15, 0.2) is 19.0 Å². The number of ether oxygens (including phenoxy) is 1. The van der Waals surface area contributed by atoms with Gasteiger partial charge in [0.2, 0.25) is 11.6 Å². The minimum atomic E-state index is -0.476. The average molecular weight is 322 g/mol. The number of hydrogen-bond acceptors (Lipinski definition) is 8. The fourth-order valence-electron chi connectivity index (χ4n) is 2.31. The van der Waals surface area contributed by atoms with Gasteiger partial charge in [-0.15, -0.1) is 6.58 Å². The topological polar surface area (TPSA) is 105 Å². The van der Waals surface area contributed by atoms with Crippen LogP contribution in [0.4, 0.5) is 17.3 Å². The molecule has 0 aromatic carbocycles. The van der Waals surface area contributed by atoms with E-state index in [4.69, 9.17) is 4.74 Å². The summed E-state index contributed by atoms with van der Waals surface area (Å²) >= 11 is 0. The summed E-state index contributed by atoms with van der Waals surface area (Å²) < 4.78 is 5.30. The van der Waals surface area contributed by atoms with Crippen LogP contribution in [0.25, 0.3) is 0 Å². The highest BCUT2D eigenvalue weighted by molar-refractivity contribution is 5.69. The molecule has 2 rings (SSSR count). The van der Waals surface area contributed by atoms with E-state index in [1.807, 2.05) is 0 Å². The predicted molar refractivity (Wildman–Crippen MR) is 87.7 cm³/mol. The SMILES string of the molecule is C=CCNc1ncnc(NCCCN2CCOCC2)c1[N+](=O)[O-]. The molecular formula is C14H22N6O3. The molecule has 23 heavy (non-hydrogen) atoms. The third-order valence-electron chi connectivity index (χ3n) is 3.47. The molecule has 1 aliphatic rings. The van der Waals surface area contributed by atoms with Crippen LogP contribution in [-0.4, -0.2) is 65.7 Å². The lowest BCUT2D eigenvalue weighted by atomic mass is 10.3. The minimum Gasteiger partial charge on any atom is -0.379 e. The van der Waals surface area contributed by atoms with Gasteiger partial charge in [0.25, 0.3) is 0 Å². The smallest absolute Gasteiger partial charge is 0.353 e. The first-order valence-corrected chi connectivity index (χ1v) is 7.60. The second-order valence-electron chi connectivity index (χ2n) is 5.08. The first-order chi connectivity index (χ1) is 11.2. The van der Waals surface area contributed by atoms with Crippen LogP contribution in [0.2, 0.25) is 0 Å². The summed E-state index contributed by atoms with van der Waals surface area (Å²) in [5.74, 6) is 0.430. The molecule has 1 aromatic heterocycles. The van der Waals surface area contributed by atoms with E-state index in [0.717, 1.165) is 39.3 Å². The fourth-order valence-corrected chi connectivity index (χ4v) is 2.31. The molecule has 0 aliphatic carbocycles. The van der Waals surface area contributed by atoms with Crippen LogP contribution >= 0.6 is 0 Å². The Morgan fingerprint density at radius 2 is 2.04 bits per heavy atom. The van der Waals surface area contributed by atoms with Crippen LogP contribution in [0.1, 0.15) is 6.42 Å². The Labute approximate surface area is 134 Å². The summed E-state index contributed by atoms with van der Waals surface area (Å²) in [6, 6.07) is 0. The molecule has 1 fully saturated rings. The third kappa shape index (κ3) is 5.15. The largest absolute Gasteiger partial charge is 0.379 e. The van der Waals surface area contributed by atoms with Crippen molar-refractivity contribution in [1.29, 1.82) is 0 Å². The molecule has 1 aromatic rings. The van der Waals surface area contributed by atoms with Crippen LogP contribution in [0.3, 0.4) is 0 Å². The van der Waals surface area contributed by atoms with Gasteiger partial charge in [-0.3, -0.25) is 15.0 Å². The first-order valence-electron chi connectivity index (χ1n) is 7.60. The molecule has 2 heterocycles. The van der Waals surface area contributed by atoms with Crippen molar-refractivity contribution in [3.8, 4) is 0 Å². The lowest BCUT2D eigenvalue weighted by molar-refractivity contribution is -0.383.